The lowest BCUT2D eigenvalue weighted by molar-refractivity contribution is -0.141. The van der Waals surface area contributed by atoms with Crippen LogP contribution in [0, 0.1) is 0 Å². The van der Waals surface area contributed by atoms with Crippen LogP contribution >= 0.6 is 0 Å². The van der Waals surface area contributed by atoms with Crippen molar-refractivity contribution in [3.63, 3.8) is 0 Å². The molecule has 0 saturated heterocycles. The van der Waals surface area contributed by atoms with Crippen molar-refractivity contribution >= 4 is 11.8 Å². The van der Waals surface area contributed by atoms with Gasteiger partial charge in [-0.15, -0.1) is 0 Å². The third-order valence-corrected chi connectivity index (χ3v) is 2.63. The fourth-order valence-corrected chi connectivity index (χ4v) is 1.58. The van der Waals surface area contributed by atoms with Gasteiger partial charge in [0.15, 0.2) is 0 Å². The number of methoxy groups -OCH3 is 1. The summed E-state index contributed by atoms with van der Waals surface area (Å²) in [6.45, 7) is 2.74. The van der Waals surface area contributed by atoms with E-state index in [0.29, 0.717) is 13.0 Å². The molecule has 0 aliphatic heterocycles. The molecular weight excluding hydrogens is 244 g/mol. The summed E-state index contributed by atoms with van der Waals surface area (Å²) in [6, 6.07) is 7.47. The van der Waals surface area contributed by atoms with Gasteiger partial charge in [-0.05, 0) is 24.1 Å². The minimum absolute atomic E-state index is 0.0348. The van der Waals surface area contributed by atoms with Crippen LogP contribution in [0.2, 0.25) is 0 Å². The van der Waals surface area contributed by atoms with Gasteiger partial charge in [0.1, 0.15) is 11.5 Å². The van der Waals surface area contributed by atoms with Crippen molar-refractivity contribution < 1.29 is 19.1 Å². The third kappa shape index (κ3) is 6.04. The zero-order chi connectivity index (χ0) is 14.1. The Balaban J connectivity index is 2.40. The number of ketones is 1. The van der Waals surface area contributed by atoms with Crippen LogP contribution in [0.5, 0.6) is 5.75 Å². The molecule has 1 rings (SSSR count). The molecule has 0 spiro atoms. The zero-order valence-electron chi connectivity index (χ0n) is 11.5. The molecule has 0 aromatic heterocycles. The maximum atomic E-state index is 11.7. The zero-order valence-corrected chi connectivity index (χ0v) is 11.5. The summed E-state index contributed by atoms with van der Waals surface area (Å²) in [6.07, 6.45) is 1.67. The lowest BCUT2D eigenvalue weighted by Gasteiger charge is -2.05. The van der Waals surface area contributed by atoms with Crippen molar-refractivity contribution in [3.05, 3.63) is 29.8 Å². The summed E-state index contributed by atoms with van der Waals surface area (Å²) in [7, 11) is 1.32. The topological polar surface area (TPSA) is 52.6 Å². The number of Topliss-reactive ketones (excluding diaryl/α,β-unsaturated/α-hetero) is 1. The average Bonchev–Trinajstić information content (AvgIpc) is 2.44. The summed E-state index contributed by atoms with van der Waals surface area (Å²) in [5, 5.41) is 0. The normalized spacial score (nSPS) is 10.0. The number of ether oxygens (including phenoxy) is 2. The maximum absolute atomic E-state index is 11.7. The van der Waals surface area contributed by atoms with Gasteiger partial charge >= 0.3 is 5.97 Å². The first-order valence-electron chi connectivity index (χ1n) is 6.46. The van der Waals surface area contributed by atoms with Crippen LogP contribution in [-0.4, -0.2) is 25.5 Å². The number of rotatable bonds is 8. The van der Waals surface area contributed by atoms with Gasteiger partial charge < -0.3 is 9.47 Å². The van der Waals surface area contributed by atoms with E-state index in [4.69, 9.17) is 4.74 Å². The van der Waals surface area contributed by atoms with Crippen LogP contribution in [-0.2, 0) is 20.7 Å². The third-order valence-electron chi connectivity index (χ3n) is 2.63. The fraction of sp³-hybridized carbons (Fsp3) is 0.467. The van der Waals surface area contributed by atoms with E-state index in [-0.39, 0.29) is 24.6 Å². The van der Waals surface area contributed by atoms with Crippen molar-refractivity contribution in [3.8, 4) is 5.75 Å². The van der Waals surface area contributed by atoms with Crippen molar-refractivity contribution in [1.29, 1.82) is 0 Å². The standard InChI is InChI=1S/C15H20O4/c1-3-10-19-14-7-4-12(5-8-14)11-13(16)6-9-15(17)18-2/h4-5,7-8H,3,6,9-11H2,1-2H3. The predicted octanol–water partition coefficient (Wildman–Crippen LogP) is 2.54. The van der Waals surface area contributed by atoms with E-state index < -0.39 is 0 Å². The fourth-order valence-electron chi connectivity index (χ4n) is 1.58. The van der Waals surface area contributed by atoms with E-state index in [9.17, 15) is 9.59 Å². The second-order valence-corrected chi connectivity index (χ2v) is 4.28. The first-order valence-corrected chi connectivity index (χ1v) is 6.46. The van der Waals surface area contributed by atoms with E-state index in [1.165, 1.54) is 7.11 Å². The highest BCUT2D eigenvalue weighted by molar-refractivity contribution is 5.84. The van der Waals surface area contributed by atoms with Gasteiger partial charge in [-0.3, -0.25) is 9.59 Å². The molecule has 0 saturated carbocycles. The van der Waals surface area contributed by atoms with Gasteiger partial charge in [0, 0.05) is 12.8 Å². The van der Waals surface area contributed by atoms with Crippen LogP contribution in [0.25, 0.3) is 0 Å². The summed E-state index contributed by atoms with van der Waals surface area (Å²) in [5.74, 6) is 0.497. The number of carbonyl (C=O) groups is 2. The highest BCUT2D eigenvalue weighted by Crippen LogP contribution is 2.13. The van der Waals surface area contributed by atoms with Gasteiger partial charge in [0.2, 0.25) is 0 Å². The second-order valence-electron chi connectivity index (χ2n) is 4.28. The van der Waals surface area contributed by atoms with E-state index in [1.807, 2.05) is 31.2 Å². The van der Waals surface area contributed by atoms with Crippen molar-refractivity contribution in [2.24, 2.45) is 0 Å². The van der Waals surface area contributed by atoms with Crippen LogP contribution < -0.4 is 4.74 Å². The lowest BCUT2D eigenvalue weighted by Crippen LogP contribution is -2.07. The van der Waals surface area contributed by atoms with E-state index >= 15 is 0 Å². The smallest absolute Gasteiger partial charge is 0.305 e. The highest BCUT2D eigenvalue weighted by atomic mass is 16.5. The predicted molar refractivity (Wildman–Crippen MR) is 72.2 cm³/mol. The van der Waals surface area contributed by atoms with E-state index in [1.54, 1.807) is 0 Å². The molecular formula is C15H20O4. The molecule has 104 valence electrons. The minimum atomic E-state index is -0.350. The van der Waals surface area contributed by atoms with Gasteiger partial charge in [0.25, 0.3) is 0 Å². The van der Waals surface area contributed by atoms with Crippen molar-refractivity contribution in [2.45, 2.75) is 32.6 Å². The molecule has 0 aliphatic carbocycles. The van der Waals surface area contributed by atoms with Gasteiger partial charge in [-0.2, -0.15) is 0 Å². The number of esters is 1. The summed E-state index contributed by atoms with van der Waals surface area (Å²) in [5.41, 5.74) is 0.929. The minimum Gasteiger partial charge on any atom is -0.494 e. The molecule has 0 N–H and O–H groups in total. The van der Waals surface area contributed by atoms with Crippen LogP contribution in [0.3, 0.4) is 0 Å². The summed E-state index contributed by atoms with van der Waals surface area (Å²) in [4.78, 5) is 22.6. The number of benzene rings is 1. The molecule has 19 heavy (non-hydrogen) atoms. The number of hydrogen-bond acceptors (Lipinski definition) is 4. The molecule has 0 heterocycles. The Morgan fingerprint density at radius 1 is 1.11 bits per heavy atom. The first kappa shape index (κ1) is 15.2. The molecule has 0 atom stereocenters. The van der Waals surface area contributed by atoms with E-state index in [2.05, 4.69) is 4.74 Å². The first-order chi connectivity index (χ1) is 9.15. The summed E-state index contributed by atoms with van der Waals surface area (Å²) < 4.78 is 9.96. The summed E-state index contributed by atoms with van der Waals surface area (Å²) >= 11 is 0. The largest absolute Gasteiger partial charge is 0.494 e. The van der Waals surface area contributed by atoms with Gasteiger partial charge in [0.05, 0.1) is 20.1 Å². The average molecular weight is 264 g/mol. The SMILES string of the molecule is CCCOc1ccc(CC(=O)CCC(=O)OC)cc1. The molecule has 1 aromatic rings. The monoisotopic (exact) mass is 264 g/mol. The Hall–Kier alpha value is -1.84. The number of hydrogen-bond donors (Lipinski definition) is 0. The van der Waals surface area contributed by atoms with E-state index in [0.717, 1.165) is 17.7 Å². The maximum Gasteiger partial charge on any atom is 0.305 e. The molecule has 0 fully saturated rings. The Kier molecular flexibility index (Phi) is 6.64. The van der Waals surface area contributed by atoms with Gasteiger partial charge in [-0.1, -0.05) is 19.1 Å². The Morgan fingerprint density at radius 3 is 2.37 bits per heavy atom. The Labute approximate surface area is 113 Å². The molecule has 4 heteroatoms. The molecule has 0 aliphatic rings. The molecule has 0 unspecified atom stereocenters. The van der Waals surface area contributed by atoms with Crippen LogP contribution in [0.4, 0.5) is 0 Å². The Bertz CT molecular complexity index is 409. The molecule has 0 amide bonds. The quantitative estimate of drug-likeness (QED) is 0.677. The molecule has 1 aromatic carbocycles. The van der Waals surface area contributed by atoms with Crippen LogP contribution in [0.1, 0.15) is 31.7 Å². The second kappa shape index (κ2) is 8.29. The Morgan fingerprint density at radius 2 is 1.79 bits per heavy atom. The van der Waals surface area contributed by atoms with Gasteiger partial charge in [-0.25, -0.2) is 0 Å². The van der Waals surface area contributed by atoms with Crippen molar-refractivity contribution in [2.75, 3.05) is 13.7 Å². The van der Waals surface area contributed by atoms with Crippen molar-refractivity contribution in [1.82, 2.24) is 0 Å². The highest BCUT2D eigenvalue weighted by Gasteiger charge is 2.08. The number of carbonyl (C=O) groups excluding carboxylic acids is 2. The van der Waals surface area contributed by atoms with Crippen LogP contribution in [0.15, 0.2) is 24.3 Å². The molecule has 4 nitrogen and oxygen atoms in total. The molecule has 0 bridgehead atoms. The molecule has 0 radical (unpaired) electrons. The lowest BCUT2D eigenvalue weighted by atomic mass is 10.1.